The summed E-state index contributed by atoms with van der Waals surface area (Å²) in [6.07, 6.45) is 0. The van der Waals surface area contributed by atoms with Gasteiger partial charge in [-0.2, -0.15) is 0 Å². The highest BCUT2D eigenvalue weighted by Gasteiger charge is 2.31. The van der Waals surface area contributed by atoms with E-state index in [9.17, 15) is 9.50 Å². The first-order chi connectivity index (χ1) is 9.91. The number of rotatable bonds is 4. The van der Waals surface area contributed by atoms with Gasteiger partial charge in [0, 0.05) is 5.56 Å². The van der Waals surface area contributed by atoms with Crippen LogP contribution in [-0.4, -0.2) is 19.3 Å². The molecule has 112 valence electrons. The first-order valence-corrected chi connectivity index (χ1v) is 7.10. The summed E-state index contributed by atoms with van der Waals surface area (Å²) in [5.41, 5.74) is -0.441. The fourth-order valence-corrected chi connectivity index (χ4v) is 2.89. The zero-order valence-corrected chi connectivity index (χ0v) is 13.6. The zero-order valence-electron chi connectivity index (χ0n) is 12.0. The van der Waals surface area contributed by atoms with Crippen LogP contribution in [-0.2, 0) is 5.60 Å². The van der Waals surface area contributed by atoms with E-state index in [1.54, 1.807) is 38.3 Å². The van der Waals surface area contributed by atoms with E-state index in [-0.39, 0.29) is 0 Å². The topological polar surface area (TPSA) is 38.7 Å². The second-order valence-corrected chi connectivity index (χ2v) is 5.54. The molecule has 0 radical (unpaired) electrons. The van der Waals surface area contributed by atoms with Crippen molar-refractivity contribution in [3.63, 3.8) is 0 Å². The van der Waals surface area contributed by atoms with Crippen LogP contribution in [0.5, 0.6) is 11.5 Å². The second-order valence-electron chi connectivity index (χ2n) is 4.75. The molecule has 3 nitrogen and oxygen atoms in total. The van der Waals surface area contributed by atoms with Gasteiger partial charge in [-0.3, -0.25) is 0 Å². The molecule has 1 atom stereocenters. The molecule has 0 aromatic heterocycles. The molecule has 0 heterocycles. The Morgan fingerprint density at radius 2 is 1.86 bits per heavy atom. The predicted octanol–water partition coefficient (Wildman–Crippen LogP) is 3.86. The van der Waals surface area contributed by atoms with Crippen LogP contribution < -0.4 is 9.47 Å². The SMILES string of the molecule is COc1ccc(C(C)(O)c2cccc(F)c2)c(OC)c1Br. The first-order valence-electron chi connectivity index (χ1n) is 6.31. The van der Waals surface area contributed by atoms with Gasteiger partial charge in [-0.15, -0.1) is 0 Å². The van der Waals surface area contributed by atoms with Crippen LogP contribution >= 0.6 is 15.9 Å². The second kappa shape index (κ2) is 6.03. The molecule has 2 aromatic rings. The minimum atomic E-state index is -1.40. The van der Waals surface area contributed by atoms with Crippen LogP contribution in [0, 0.1) is 5.82 Å². The molecular weight excluding hydrogens is 339 g/mol. The molecule has 0 spiro atoms. The monoisotopic (exact) mass is 354 g/mol. The summed E-state index contributed by atoms with van der Waals surface area (Å²) in [7, 11) is 3.05. The highest BCUT2D eigenvalue weighted by Crippen LogP contribution is 2.43. The number of hydrogen-bond donors (Lipinski definition) is 1. The minimum absolute atomic E-state index is 0.403. The number of ether oxygens (including phenoxy) is 2. The average molecular weight is 355 g/mol. The van der Waals surface area contributed by atoms with E-state index in [2.05, 4.69) is 15.9 Å². The summed E-state index contributed by atoms with van der Waals surface area (Å²) in [6.45, 7) is 1.60. The number of benzene rings is 2. The minimum Gasteiger partial charge on any atom is -0.495 e. The molecule has 0 bridgehead atoms. The summed E-state index contributed by atoms with van der Waals surface area (Å²) in [5.74, 6) is 0.633. The molecule has 0 saturated carbocycles. The van der Waals surface area contributed by atoms with Gasteiger partial charge in [-0.1, -0.05) is 12.1 Å². The van der Waals surface area contributed by atoms with Crippen molar-refractivity contribution in [2.45, 2.75) is 12.5 Å². The number of halogens is 2. The Morgan fingerprint density at radius 3 is 2.43 bits per heavy atom. The lowest BCUT2D eigenvalue weighted by Crippen LogP contribution is -2.24. The Balaban J connectivity index is 2.62. The van der Waals surface area contributed by atoms with Crippen LogP contribution in [0.4, 0.5) is 4.39 Å². The molecule has 0 aliphatic carbocycles. The molecular formula is C16H16BrFO3. The van der Waals surface area contributed by atoms with Gasteiger partial charge < -0.3 is 14.6 Å². The highest BCUT2D eigenvalue weighted by molar-refractivity contribution is 9.10. The van der Waals surface area contributed by atoms with E-state index in [1.165, 1.54) is 19.2 Å². The van der Waals surface area contributed by atoms with Crippen molar-refractivity contribution >= 4 is 15.9 Å². The molecule has 0 fully saturated rings. The van der Waals surface area contributed by atoms with Crippen LogP contribution in [0.3, 0.4) is 0 Å². The van der Waals surface area contributed by atoms with Crippen LogP contribution in [0.25, 0.3) is 0 Å². The third kappa shape index (κ3) is 2.89. The molecule has 1 N–H and O–H groups in total. The van der Waals surface area contributed by atoms with Gasteiger partial charge in [0.2, 0.25) is 0 Å². The summed E-state index contributed by atoms with van der Waals surface area (Å²) in [6, 6.07) is 9.28. The van der Waals surface area contributed by atoms with Crippen molar-refractivity contribution < 1.29 is 19.0 Å². The molecule has 0 amide bonds. The molecule has 2 aromatic carbocycles. The molecule has 2 rings (SSSR count). The van der Waals surface area contributed by atoms with Gasteiger partial charge in [0.05, 0.1) is 14.2 Å². The maximum Gasteiger partial charge on any atom is 0.143 e. The maximum absolute atomic E-state index is 13.4. The van der Waals surface area contributed by atoms with Crippen molar-refractivity contribution in [3.05, 3.63) is 57.8 Å². The van der Waals surface area contributed by atoms with Gasteiger partial charge in [-0.25, -0.2) is 4.39 Å². The number of methoxy groups -OCH3 is 2. The smallest absolute Gasteiger partial charge is 0.143 e. The van der Waals surface area contributed by atoms with Gasteiger partial charge in [-0.05, 0) is 52.7 Å². The molecule has 21 heavy (non-hydrogen) atoms. The fourth-order valence-electron chi connectivity index (χ4n) is 2.23. The van der Waals surface area contributed by atoms with E-state index in [4.69, 9.17) is 9.47 Å². The third-order valence-corrected chi connectivity index (χ3v) is 4.15. The molecule has 0 saturated heterocycles. The van der Waals surface area contributed by atoms with Gasteiger partial charge in [0.15, 0.2) is 0 Å². The first kappa shape index (κ1) is 15.8. The van der Waals surface area contributed by atoms with Crippen LogP contribution in [0.1, 0.15) is 18.1 Å². The number of aliphatic hydroxyl groups is 1. The summed E-state index contributed by atoms with van der Waals surface area (Å²) < 4.78 is 24.6. The summed E-state index contributed by atoms with van der Waals surface area (Å²) in [4.78, 5) is 0. The Labute approximate surface area is 131 Å². The number of hydrogen-bond acceptors (Lipinski definition) is 3. The predicted molar refractivity (Wildman–Crippen MR) is 82.3 cm³/mol. The van der Waals surface area contributed by atoms with E-state index < -0.39 is 11.4 Å². The van der Waals surface area contributed by atoms with Crippen molar-refractivity contribution in [1.29, 1.82) is 0 Å². The average Bonchev–Trinajstić information content (AvgIpc) is 2.46. The fraction of sp³-hybridized carbons (Fsp3) is 0.250. The van der Waals surface area contributed by atoms with E-state index in [0.29, 0.717) is 27.1 Å². The lowest BCUT2D eigenvalue weighted by Gasteiger charge is -2.27. The van der Waals surface area contributed by atoms with Crippen molar-refractivity contribution in [2.24, 2.45) is 0 Å². The van der Waals surface area contributed by atoms with Crippen molar-refractivity contribution in [2.75, 3.05) is 14.2 Å². The maximum atomic E-state index is 13.4. The summed E-state index contributed by atoms with van der Waals surface area (Å²) >= 11 is 3.40. The highest BCUT2D eigenvalue weighted by atomic mass is 79.9. The van der Waals surface area contributed by atoms with Crippen LogP contribution in [0.2, 0.25) is 0 Å². The molecule has 0 aliphatic rings. The quantitative estimate of drug-likeness (QED) is 0.905. The van der Waals surface area contributed by atoms with E-state index in [1.807, 2.05) is 0 Å². The van der Waals surface area contributed by atoms with Crippen molar-refractivity contribution in [1.82, 2.24) is 0 Å². The summed E-state index contributed by atoms with van der Waals surface area (Å²) in [5, 5.41) is 10.9. The Bertz CT molecular complexity index is 656. The van der Waals surface area contributed by atoms with Gasteiger partial charge in [0.25, 0.3) is 0 Å². The third-order valence-electron chi connectivity index (χ3n) is 3.40. The molecule has 1 unspecified atom stereocenters. The largest absolute Gasteiger partial charge is 0.495 e. The molecule has 5 heteroatoms. The lowest BCUT2D eigenvalue weighted by molar-refractivity contribution is 0.0983. The van der Waals surface area contributed by atoms with E-state index in [0.717, 1.165) is 0 Å². The van der Waals surface area contributed by atoms with Gasteiger partial charge in [0.1, 0.15) is 27.4 Å². The van der Waals surface area contributed by atoms with Gasteiger partial charge >= 0.3 is 0 Å². The zero-order chi connectivity index (χ0) is 15.6. The lowest BCUT2D eigenvalue weighted by atomic mass is 9.87. The van der Waals surface area contributed by atoms with E-state index >= 15 is 0 Å². The standard InChI is InChI=1S/C16H16BrFO3/c1-16(19,10-5-4-6-11(18)9-10)12-7-8-13(20-2)14(17)15(12)21-3/h4-9,19H,1-3H3. The Kier molecular flexibility index (Phi) is 4.54. The Hall–Kier alpha value is -1.59. The normalized spacial score (nSPS) is 13.6. The molecule has 0 aliphatic heterocycles. The van der Waals surface area contributed by atoms with Crippen molar-refractivity contribution in [3.8, 4) is 11.5 Å². The Morgan fingerprint density at radius 1 is 1.14 bits per heavy atom. The van der Waals surface area contributed by atoms with Crippen LogP contribution in [0.15, 0.2) is 40.9 Å².